The summed E-state index contributed by atoms with van der Waals surface area (Å²) in [6.07, 6.45) is 19.8. The van der Waals surface area contributed by atoms with Gasteiger partial charge in [-0.25, -0.2) is 0 Å². The van der Waals surface area contributed by atoms with Gasteiger partial charge in [-0.2, -0.15) is 0 Å². The van der Waals surface area contributed by atoms with E-state index in [1.54, 1.807) is 5.57 Å². The molecule has 13 heavy (non-hydrogen) atoms. The van der Waals surface area contributed by atoms with Crippen LogP contribution >= 0.6 is 0 Å². The van der Waals surface area contributed by atoms with Gasteiger partial charge in [0.05, 0.1) is 0 Å². The molecule has 0 aliphatic heterocycles. The van der Waals surface area contributed by atoms with Crippen molar-refractivity contribution in [2.45, 2.75) is 32.1 Å². The summed E-state index contributed by atoms with van der Waals surface area (Å²) in [5, 5.41) is 0. The maximum Gasteiger partial charge on any atom is -0.00916 e. The largest absolute Gasteiger partial charge is 0.0843 e. The van der Waals surface area contributed by atoms with E-state index in [9.17, 15) is 0 Å². The molecule has 0 atom stereocenters. The molecule has 0 radical (unpaired) electrons. The Morgan fingerprint density at radius 2 is 1.85 bits per heavy atom. The first-order valence-electron chi connectivity index (χ1n) is 5.18. The molecule has 0 aromatic carbocycles. The molecular weight excluding hydrogens is 156 g/mol. The van der Waals surface area contributed by atoms with Gasteiger partial charge in [-0.1, -0.05) is 36.5 Å². The Morgan fingerprint density at radius 3 is 2.69 bits per heavy atom. The summed E-state index contributed by atoms with van der Waals surface area (Å²) < 4.78 is 0. The summed E-state index contributed by atoms with van der Waals surface area (Å²) in [5.41, 5.74) is 3.07. The first-order valence-corrected chi connectivity index (χ1v) is 5.18. The first kappa shape index (κ1) is 8.55. The third-order valence-corrected chi connectivity index (χ3v) is 2.68. The van der Waals surface area contributed by atoms with Crippen LogP contribution in [-0.4, -0.2) is 0 Å². The molecule has 0 heterocycles. The van der Waals surface area contributed by atoms with Gasteiger partial charge in [-0.15, -0.1) is 0 Å². The second kappa shape index (κ2) is 4.27. The van der Waals surface area contributed by atoms with E-state index >= 15 is 0 Å². The summed E-state index contributed by atoms with van der Waals surface area (Å²) in [4.78, 5) is 0. The Kier molecular flexibility index (Phi) is 2.81. The zero-order chi connectivity index (χ0) is 8.93. The highest BCUT2D eigenvalue weighted by Gasteiger charge is 2.04. The van der Waals surface area contributed by atoms with Crippen LogP contribution in [0.25, 0.3) is 0 Å². The van der Waals surface area contributed by atoms with Crippen molar-refractivity contribution >= 4 is 0 Å². The fourth-order valence-corrected chi connectivity index (χ4v) is 1.91. The average molecular weight is 172 g/mol. The third-order valence-electron chi connectivity index (χ3n) is 2.68. The predicted molar refractivity (Wildman–Crippen MR) is 57.5 cm³/mol. The van der Waals surface area contributed by atoms with E-state index in [1.165, 1.54) is 31.3 Å². The van der Waals surface area contributed by atoms with Gasteiger partial charge in [0.25, 0.3) is 0 Å². The number of hydrogen-bond acceptors (Lipinski definition) is 0. The second-order valence-corrected chi connectivity index (χ2v) is 3.69. The average Bonchev–Trinajstić information content (AvgIpc) is 2.47. The fraction of sp³-hybridized carbons (Fsp3) is 0.385. The molecule has 0 nitrogen and oxygen atoms in total. The van der Waals surface area contributed by atoms with Crippen LogP contribution in [-0.2, 0) is 0 Å². The van der Waals surface area contributed by atoms with E-state index in [1.807, 2.05) is 0 Å². The van der Waals surface area contributed by atoms with Crippen LogP contribution in [0.2, 0.25) is 0 Å². The Labute approximate surface area is 80.3 Å². The van der Waals surface area contributed by atoms with Crippen molar-refractivity contribution in [3.63, 3.8) is 0 Å². The Balaban J connectivity index is 2.20. The number of rotatable bonds is 0. The topological polar surface area (TPSA) is 0 Å². The lowest BCUT2D eigenvalue weighted by Crippen LogP contribution is -1.88. The van der Waals surface area contributed by atoms with E-state index < -0.39 is 0 Å². The molecule has 2 aliphatic carbocycles. The summed E-state index contributed by atoms with van der Waals surface area (Å²) in [7, 11) is 0. The molecule has 0 saturated carbocycles. The monoisotopic (exact) mass is 172 g/mol. The van der Waals surface area contributed by atoms with Gasteiger partial charge in [0, 0.05) is 0 Å². The zero-order valence-corrected chi connectivity index (χ0v) is 8.00. The lowest BCUT2D eigenvalue weighted by molar-refractivity contribution is 0.762. The molecule has 0 spiro atoms. The number of hydrogen-bond donors (Lipinski definition) is 0. The Morgan fingerprint density at radius 1 is 0.846 bits per heavy atom. The normalized spacial score (nSPS) is 27.7. The van der Waals surface area contributed by atoms with Crippen LogP contribution in [0.4, 0.5) is 0 Å². The molecule has 2 rings (SSSR count). The predicted octanol–water partition coefficient (Wildman–Crippen LogP) is 3.93. The number of allylic oxidation sites excluding steroid dienone is 8. The van der Waals surface area contributed by atoms with Crippen LogP contribution < -0.4 is 0 Å². The van der Waals surface area contributed by atoms with Gasteiger partial charge in [-0.3, -0.25) is 0 Å². The first-order chi connectivity index (χ1) is 6.47. The molecule has 2 aliphatic rings. The summed E-state index contributed by atoms with van der Waals surface area (Å²) in [5.74, 6) is 0. The zero-order valence-electron chi connectivity index (χ0n) is 8.00. The van der Waals surface area contributed by atoms with Gasteiger partial charge < -0.3 is 0 Å². The third kappa shape index (κ3) is 2.21. The molecule has 0 N–H and O–H groups in total. The highest BCUT2D eigenvalue weighted by atomic mass is 14.1. The van der Waals surface area contributed by atoms with Crippen molar-refractivity contribution in [1.29, 1.82) is 0 Å². The fourth-order valence-electron chi connectivity index (χ4n) is 1.91. The molecule has 0 amide bonds. The highest BCUT2D eigenvalue weighted by Crippen LogP contribution is 2.23. The van der Waals surface area contributed by atoms with Gasteiger partial charge in [0.2, 0.25) is 0 Å². The maximum absolute atomic E-state index is 2.33. The Bertz CT molecular complexity index is 287. The van der Waals surface area contributed by atoms with Gasteiger partial charge in [0.1, 0.15) is 0 Å². The van der Waals surface area contributed by atoms with Crippen molar-refractivity contribution in [3.05, 3.63) is 47.6 Å². The molecular formula is C13H16. The van der Waals surface area contributed by atoms with Crippen LogP contribution in [0, 0.1) is 0 Å². The molecule has 0 aromatic heterocycles. The van der Waals surface area contributed by atoms with Gasteiger partial charge in [-0.05, 0) is 43.3 Å². The lowest BCUT2D eigenvalue weighted by atomic mass is 9.98. The van der Waals surface area contributed by atoms with Gasteiger partial charge in [0.15, 0.2) is 0 Å². The van der Waals surface area contributed by atoms with E-state index in [2.05, 4.69) is 36.5 Å². The highest BCUT2D eigenvalue weighted by molar-refractivity contribution is 5.38. The molecule has 0 heteroatoms. The van der Waals surface area contributed by atoms with Crippen molar-refractivity contribution in [2.75, 3.05) is 0 Å². The van der Waals surface area contributed by atoms with Crippen LogP contribution in [0.5, 0.6) is 0 Å². The molecule has 68 valence electrons. The van der Waals surface area contributed by atoms with Crippen molar-refractivity contribution in [1.82, 2.24) is 0 Å². The van der Waals surface area contributed by atoms with E-state index in [4.69, 9.17) is 0 Å². The summed E-state index contributed by atoms with van der Waals surface area (Å²) in [6.45, 7) is 0. The smallest absolute Gasteiger partial charge is 0.00916 e. The van der Waals surface area contributed by atoms with Crippen molar-refractivity contribution < 1.29 is 0 Å². The van der Waals surface area contributed by atoms with E-state index in [0.717, 1.165) is 6.42 Å². The van der Waals surface area contributed by atoms with Crippen LogP contribution in [0.3, 0.4) is 0 Å². The SMILES string of the molecule is C1=CCC(=C2C=CCCCC2)C=C1. The minimum atomic E-state index is 1.12. The maximum atomic E-state index is 2.33. The standard InChI is InChI=1S/C13H16/c1-2-5-9-12(8-4-1)13-10-6-3-7-11-13/h3-4,6-8,10H,1-2,5,9,11H2. The minimum absolute atomic E-state index is 1.12. The quantitative estimate of drug-likeness (QED) is 0.519. The van der Waals surface area contributed by atoms with Gasteiger partial charge >= 0.3 is 0 Å². The molecule has 0 fully saturated rings. The lowest BCUT2D eigenvalue weighted by Gasteiger charge is -2.07. The van der Waals surface area contributed by atoms with Crippen molar-refractivity contribution in [2.24, 2.45) is 0 Å². The van der Waals surface area contributed by atoms with Crippen LogP contribution in [0.15, 0.2) is 47.6 Å². The molecule has 0 aromatic rings. The minimum Gasteiger partial charge on any atom is -0.0843 e. The van der Waals surface area contributed by atoms with E-state index in [-0.39, 0.29) is 0 Å². The van der Waals surface area contributed by atoms with E-state index in [0.29, 0.717) is 0 Å². The summed E-state index contributed by atoms with van der Waals surface area (Å²) >= 11 is 0. The Hall–Kier alpha value is -1.04. The molecule has 0 unspecified atom stereocenters. The van der Waals surface area contributed by atoms with Crippen LogP contribution in [0.1, 0.15) is 32.1 Å². The second-order valence-electron chi connectivity index (χ2n) is 3.69. The summed E-state index contributed by atoms with van der Waals surface area (Å²) in [6, 6.07) is 0. The molecule has 0 bridgehead atoms. The molecule has 0 saturated heterocycles. The van der Waals surface area contributed by atoms with Crippen molar-refractivity contribution in [3.8, 4) is 0 Å².